The fourth-order valence-corrected chi connectivity index (χ4v) is 10.1. The highest BCUT2D eigenvalue weighted by Crippen LogP contribution is 2.81. The molecule has 2 aliphatic heterocycles. The Morgan fingerprint density at radius 2 is 2.00 bits per heavy atom. The second-order valence-electron chi connectivity index (χ2n) is 11.0. The Balaban J connectivity index is 1.56. The number of aliphatic hydroxyl groups excluding tert-OH is 1. The highest BCUT2D eigenvalue weighted by Gasteiger charge is 2.95. The van der Waals surface area contributed by atoms with Crippen molar-refractivity contribution in [3.8, 4) is 0 Å². The molecule has 166 valence electrons. The lowest BCUT2D eigenvalue weighted by atomic mass is 9.45. The van der Waals surface area contributed by atoms with Crippen LogP contribution in [0.3, 0.4) is 0 Å². The van der Waals surface area contributed by atoms with Gasteiger partial charge in [0.1, 0.15) is 22.6 Å². The number of epoxide rings is 1. The number of Topliss-reactive ketones (excluding diaryl/α,β-unsaturated/α-hetero) is 1. The summed E-state index contributed by atoms with van der Waals surface area (Å²) in [4.78, 5) is 15.7. The standard InChI is InChI=1S/C22H31NO7/c1-4-23-8-19-13(30-19)6-12(24)21-10-5-9-11(28-2)7-20(26,14(10)15(9)25)22(27,18(21)23)17(29-3)16(19)21/h9-14,16-18,24,26-27H,4-8H2,1-3H3/t9-,10-,11+,12+,13+,14-,16-,17+,18+,19+,20-,21+,22-/m1/s1. The Morgan fingerprint density at radius 1 is 1.23 bits per heavy atom. The van der Waals surface area contributed by atoms with E-state index in [0.717, 1.165) is 0 Å². The van der Waals surface area contributed by atoms with Gasteiger partial charge in [0.2, 0.25) is 0 Å². The summed E-state index contributed by atoms with van der Waals surface area (Å²) in [5, 5.41) is 36.5. The van der Waals surface area contributed by atoms with Crippen molar-refractivity contribution in [1.82, 2.24) is 4.90 Å². The number of ether oxygens (including phenoxy) is 3. The monoisotopic (exact) mass is 421 g/mol. The minimum atomic E-state index is -1.68. The number of hydrogen-bond donors (Lipinski definition) is 3. The number of nitrogens with zero attached hydrogens (tertiary/aromatic N) is 1. The maximum Gasteiger partial charge on any atom is 0.144 e. The molecule has 7 rings (SSSR count). The normalized spacial score (nSPS) is 66.9. The van der Waals surface area contributed by atoms with Crippen LogP contribution in [-0.4, -0.2) is 101 Å². The van der Waals surface area contributed by atoms with Crippen molar-refractivity contribution in [3.05, 3.63) is 0 Å². The molecule has 0 unspecified atom stereocenters. The number of carbonyl (C=O) groups is 1. The van der Waals surface area contributed by atoms with Crippen LogP contribution in [-0.2, 0) is 19.0 Å². The van der Waals surface area contributed by atoms with E-state index in [-0.39, 0.29) is 36.1 Å². The summed E-state index contributed by atoms with van der Waals surface area (Å²) in [6.45, 7) is 3.38. The molecule has 7 aliphatic rings. The molecule has 5 saturated carbocycles. The molecule has 3 N–H and O–H groups in total. The fraction of sp³-hybridized carbons (Fsp3) is 0.955. The maximum atomic E-state index is 13.5. The van der Waals surface area contributed by atoms with Gasteiger partial charge >= 0.3 is 0 Å². The van der Waals surface area contributed by atoms with Crippen molar-refractivity contribution in [2.24, 2.45) is 29.1 Å². The van der Waals surface area contributed by atoms with Gasteiger partial charge in [-0.25, -0.2) is 0 Å². The largest absolute Gasteiger partial charge is 0.392 e. The Kier molecular flexibility index (Phi) is 3.24. The minimum absolute atomic E-state index is 0.0175. The van der Waals surface area contributed by atoms with Gasteiger partial charge in [-0.1, -0.05) is 6.92 Å². The van der Waals surface area contributed by atoms with Crippen molar-refractivity contribution in [1.29, 1.82) is 0 Å². The van der Waals surface area contributed by atoms with E-state index in [9.17, 15) is 20.1 Å². The van der Waals surface area contributed by atoms with E-state index in [2.05, 4.69) is 4.90 Å². The van der Waals surface area contributed by atoms with Gasteiger partial charge in [-0.15, -0.1) is 0 Å². The van der Waals surface area contributed by atoms with Gasteiger partial charge in [0, 0.05) is 50.9 Å². The predicted molar refractivity (Wildman–Crippen MR) is 101 cm³/mol. The average molecular weight is 421 g/mol. The molecule has 0 amide bonds. The molecule has 2 saturated heterocycles. The lowest BCUT2D eigenvalue weighted by molar-refractivity contribution is -0.290. The zero-order chi connectivity index (χ0) is 21.0. The molecule has 7 bridgehead atoms. The van der Waals surface area contributed by atoms with Gasteiger partial charge < -0.3 is 29.5 Å². The van der Waals surface area contributed by atoms with Gasteiger partial charge in [0.05, 0.1) is 36.4 Å². The lowest BCUT2D eigenvalue weighted by Crippen LogP contribution is -2.81. The van der Waals surface area contributed by atoms with Gasteiger partial charge in [0.15, 0.2) is 0 Å². The van der Waals surface area contributed by atoms with Crippen LogP contribution in [0, 0.1) is 29.1 Å². The van der Waals surface area contributed by atoms with Gasteiger partial charge in [0.25, 0.3) is 0 Å². The van der Waals surface area contributed by atoms with Crippen molar-refractivity contribution in [2.45, 2.75) is 73.4 Å². The van der Waals surface area contributed by atoms with Crippen LogP contribution in [0.2, 0.25) is 0 Å². The molecule has 0 aromatic rings. The quantitative estimate of drug-likeness (QED) is 0.495. The lowest BCUT2D eigenvalue weighted by Gasteiger charge is -2.66. The van der Waals surface area contributed by atoms with Crippen LogP contribution >= 0.6 is 0 Å². The molecule has 0 radical (unpaired) electrons. The molecular formula is C22H31NO7. The number of methoxy groups -OCH3 is 2. The van der Waals surface area contributed by atoms with Crippen LogP contribution in [0.1, 0.15) is 26.2 Å². The number of aliphatic hydroxyl groups is 3. The molecule has 0 aromatic heterocycles. The second kappa shape index (κ2) is 5.14. The van der Waals surface area contributed by atoms with Crippen LogP contribution in [0.25, 0.3) is 0 Å². The molecule has 13 atom stereocenters. The average Bonchev–Trinajstić information content (AvgIpc) is 3.25. The smallest absolute Gasteiger partial charge is 0.144 e. The first-order chi connectivity index (χ1) is 14.3. The van der Waals surface area contributed by atoms with E-state index in [1.165, 1.54) is 0 Å². The van der Waals surface area contributed by atoms with Crippen LogP contribution in [0.15, 0.2) is 0 Å². The Bertz CT molecular complexity index is 853. The number of fused-ring (bicyclic) bond motifs is 2. The van der Waals surface area contributed by atoms with Crippen LogP contribution < -0.4 is 0 Å². The third-order valence-corrected chi connectivity index (χ3v) is 10.7. The van der Waals surface area contributed by atoms with Crippen molar-refractivity contribution >= 4 is 5.78 Å². The van der Waals surface area contributed by atoms with E-state index in [1.54, 1.807) is 14.2 Å². The highest BCUT2D eigenvalue weighted by atomic mass is 16.6. The minimum Gasteiger partial charge on any atom is -0.392 e. The van der Waals surface area contributed by atoms with Crippen LogP contribution in [0.5, 0.6) is 0 Å². The zero-order valence-electron chi connectivity index (χ0n) is 17.7. The Morgan fingerprint density at radius 3 is 2.67 bits per heavy atom. The SMILES string of the molecule is CCN1C[C@]23O[C@H]2C[C@H](O)[C@@]24[C@@H]5C[C@H]6C(=O)[C@@H]5[C@](O)(C[C@@H]6OC)[C@@](O)([C@@H](OC)[C@H]32)[C@@H]14. The zero-order valence-corrected chi connectivity index (χ0v) is 17.7. The molecule has 2 heterocycles. The number of piperidine rings is 1. The van der Waals surface area contributed by atoms with Gasteiger partial charge in [-0.05, 0) is 18.9 Å². The molecule has 0 aromatic carbocycles. The topological polar surface area (TPSA) is 112 Å². The Hall–Kier alpha value is -0.610. The summed E-state index contributed by atoms with van der Waals surface area (Å²) >= 11 is 0. The number of rotatable bonds is 3. The summed E-state index contributed by atoms with van der Waals surface area (Å²) in [5.74, 6) is -1.47. The fourth-order valence-electron chi connectivity index (χ4n) is 10.1. The van der Waals surface area contributed by atoms with Crippen molar-refractivity contribution < 1.29 is 34.3 Å². The molecule has 30 heavy (non-hydrogen) atoms. The van der Waals surface area contributed by atoms with Crippen molar-refractivity contribution in [2.75, 3.05) is 27.3 Å². The van der Waals surface area contributed by atoms with E-state index >= 15 is 0 Å². The van der Waals surface area contributed by atoms with Gasteiger partial charge in [-0.2, -0.15) is 0 Å². The first kappa shape index (κ1) is 18.9. The first-order valence-electron chi connectivity index (χ1n) is 11.4. The number of likely N-dealkylation sites (N-methyl/N-ethyl adjacent to an activating group) is 1. The second-order valence-corrected chi connectivity index (χ2v) is 11.0. The van der Waals surface area contributed by atoms with E-state index in [0.29, 0.717) is 25.9 Å². The summed E-state index contributed by atoms with van der Waals surface area (Å²) in [5.41, 5.74) is -4.55. The molecule has 8 nitrogen and oxygen atoms in total. The van der Waals surface area contributed by atoms with E-state index < -0.39 is 52.5 Å². The number of ketones is 1. The number of hydrogen-bond acceptors (Lipinski definition) is 8. The number of likely N-dealkylation sites (tertiary alicyclic amines) is 1. The summed E-state index contributed by atoms with van der Waals surface area (Å²) in [6.07, 6.45) is -0.608. The summed E-state index contributed by atoms with van der Waals surface area (Å²) in [7, 11) is 3.14. The van der Waals surface area contributed by atoms with Crippen LogP contribution in [0.4, 0.5) is 0 Å². The summed E-state index contributed by atoms with van der Waals surface area (Å²) in [6, 6.07) is -0.482. The van der Waals surface area contributed by atoms with E-state index in [1.807, 2.05) is 6.92 Å². The van der Waals surface area contributed by atoms with Crippen molar-refractivity contribution in [3.63, 3.8) is 0 Å². The first-order valence-corrected chi connectivity index (χ1v) is 11.4. The predicted octanol–water partition coefficient (Wildman–Crippen LogP) is -1.06. The molecule has 8 heteroatoms. The maximum absolute atomic E-state index is 13.5. The number of carbonyl (C=O) groups excluding carboxylic acids is 1. The third-order valence-electron chi connectivity index (χ3n) is 10.7. The highest BCUT2D eigenvalue weighted by molar-refractivity contribution is 5.90. The van der Waals surface area contributed by atoms with Gasteiger partial charge in [-0.3, -0.25) is 9.69 Å². The van der Waals surface area contributed by atoms with E-state index in [4.69, 9.17) is 14.2 Å². The third kappa shape index (κ3) is 1.48. The molecule has 2 spiro atoms. The molecule has 7 fully saturated rings. The molecular weight excluding hydrogens is 390 g/mol. The molecule has 5 aliphatic carbocycles. The Labute approximate surface area is 175 Å². The summed E-state index contributed by atoms with van der Waals surface area (Å²) < 4.78 is 18.0.